The molecule has 0 amide bonds. The molecule has 0 saturated carbocycles. The summed E-state index contributed by atoms with van der Waals surface area (Å²) >= 11 is 0. The van der Waals surface area contributed by atoms with Crippen molar-refractivity contribution in [1.82, 2.24) is 9.88 Å². The molecular weight excluding hydrogens is 330 g/mol. The van der Waals surface area contributed by atoms with Gasteiger partial charge in [0.2, 0.25) is 5.88 Å². The van der Waals surface area contributed by atoms with E-state index < -0.39 is 0 Å². The van der Waals surface area contributed by atoms with Gasteiger partial charge in [-0.3, -0.25) is 4.90 Å². The van der Waals surface area contributed by atoms with Crippen molar-refractivity contribution >= 4 is 16.6 Å². The molecule has 0 atom stereocenters. The van der Waals surface area contributed by atoms with Crippen LogP contribution in [-0.2, 0) is 13.0 Å². The number of nitrogens with one attached hydrogen (secondary N) is 1. The van der Waals surface area contributed by atoms with Gasteiger partial charge in [0.1, 0.15) is 5.75 Å². The van der Waals surface area contributed by atoms with Crippen LogP contribution in [0, 0.1) is 4.91 Å². The molecule has 6 heteroatoms. The Hall–Kier alpha value is -2.86. The van der Waals surface area contributed by atoms with Gasteiger partial charge in [-0.25, -0.2) is 0 Å². The third kappa shape index (κ3) is 2.45. The zero-order valence-electron chi connectivity index (χ0n) is 14.9. The number of aromatic nitrogens is 1. The molecule has 1 aromatic heterocycles. The molecule has 1 aliphatic rings. The predicted octanol–water partition coefficient (Wildman–Crippen LogP) is 4.33. The molecule has 4 rings (SSSR count). The summed E-state index contributed by atoms with van der Waals surface area (Å²) in [6.07, 6.45) is 0.899. The Labute approximate surface area is 151 Å². The van der Waals surface area contributed by atoms with E-state index in [0.29, 0.717) is 5.39 Å². The summed E-state index contributed by atoms with van der Waals surface area (Å²) in [5.74, 6) is 0.607. The average Bonchev–Trinajstić information content (AvgIpc) is 3.02. The summed E-state index contributed by atoms with van der Waals surface area (Å²) in [7, 11) is 1.66. The van der Waals surface area contributed by atoms with Gasteiger partial charge in [0.05, 0.1) is 12.6 Å². The van der Waals surface area contributed by atoms with Crippen molar-refractivity contribution in [3.05, 3.63) is 46.4 Å². The second-order valence-corrected chi connectivity index (χ2v) is 6.54. The van der Waals surface area contributed by atoms with E-state index in [-0.39, 0.29) is 11.6 Å². The minimum absolute atomic E-state index is 0.0626. The van der Waals surface area contributed by atoms with Crippen LogP contribution in [0.2, 0.25) is 0 Å². The number of methoxy groups -OCH3 is 1. The molecule has 0 unspecified atom stereocenters. The summed E-state index contributed by atoms with van der Waals surface area (Å²) in [4.78, 5) is 16.6. The number of likely N-dealkylation sites (N-methyl/N-ethyl adjacent to an activating group) is 1. The lowest BCUT2D eigenvalue weighted by Crippen LogP contribution is -2.30. The number of hydrogen-bond donors (Lipinski definition) is 2. The van der Waals surface area contributed by atoms with Gasteiger partial charge in [0.25, 0.3) is 0 Å². The second kappa shape index (κ2) is 6.46. The van der Waals surface area contributed by atoms with Gasteiger partial charge in [-0.05, 0) is 47.0 Å². The zero-order chi connectivity index (χ0) is 18.3. The lowest BCUT2D eigenvalue weighted by atomic mass is 9.88. The van der Waals surface area contributed by atoms with Gasteiger partial charge >= 0.3 is 0 Å². The van der Waals surface area contributed by atoms with Gasteiger partial charge in [-0.1, -0.05) is 25.1 Å². The number of aromatic amines is 1. The smallest absolute Gasteiger partial charge is 0.219 e. The van der Waals surface area contributed by atoms with Crippen LogP contribution in [0.25, 0.3) is 22.0 Å². The van der Waals surface area contributed by atoms with Crippen LogP contribution < -0.4 is 4.74 Å². The van der Waals surface area contributed by atoms with Crippen molar-refractivity contribution < 1.29 is 9.84 Å². The first-order valence-corrected chi connectivity index (χ1v) is 8.76. The fourth-order valence-corrected chi connectivity index (χ4v) is 3.92. The minimum Gasteiger partial charge on any atom is -0.496 e. The Bertz CT molecular complexity index is 994. The highest BCUT2D eigenvalue weighted by atomic mass is 16.5. The van der Waals surface area contributed by atoms with Crippen molar-refractivity contribution in [3.63, 3.8) is 0 Å². The van der Waals surface area contributed by atoms with E-state index in [0.717, 1.165) is 54.0 Å². The molecule has 2 N–H and O–H groups in total. The molecule has 0 radical (unpaired) electrons. The maximum Gasteiger partial charge on any atom is 0.219 e. The molecule has 2 aromatic carbocycles. The van der Waals surface area contributed by atoms with Crippen molar-refractivity contribution in [1.29, 1.82) is 0 Å². The third-order valence-electron chi connectivity index (χ3n) is 5.27. The van der Waals surface area contributed by atoms with Gasteiger partial charge in [0.15, 0.2) is 5.69 Å². The van der Waals surface area contributed by atoms with E-state index in [1.165, 1.54) is 5.56 Å². The number of nitrogens with zero attached hydrogens (tertiary/aromatic N) is 2. The molecule has 1 aliphatic heterocycles. The number of nitroso groups, excluding NO2 is 1. The van der Waals surface area contributed by atoms with E-state index in [1.54, 1.807) is 7.11 Å². The first-order valence-electron chi connectivity index (χ1n) is 8.76. The van der Waals surface area contributed by atoms with Crippen molar-refractivity contribution in [2.24, 2.45) is 5.18 Å². The molecule has 26 heavy (non-hydrogen) atoms. The quantitative estimate of drug-likeness (QED) is 0.686. The van der Waals surface area contributed by atoms with Crippen molar-refractivity contribution in [3.8, 4) is 22.8 Å². The molecule has 0 spiro atoms. The first kappa shape index (κ1) is 16.6. The van der Waals surface area contributed by atoms with Gasteiger partial charge in [-0.15, -0.1) is 4.91 Å². The Morgan fingerprint density at radius 3 is 2.81 bits per heavy atom. The SMILES string of the molecule is CCN1CCc2c(-c3ccccc3OC)cc3c(N=O)c(O)[nH]c3c2C1. The largest absolute Gasteiger partial charge is 0.496 e. The summed E-state index contributed by atoms with van der Waals surface area (Å²) in [5, 5.41) is 13.8. The van der Waals surface area contributed by atoms with Crippen LogP contribution in [0.15, 0.2) is 35.5 Å². The molecule has 0 bridgehead atoms. The van der Waals surface area contributed by atoms with Crippen molar-refractivity contribution in [2.75, 3.05) is 20.2 Å². The number of rotatable bonds is 4. The van der Waals surface area contributed by atoms with Gasteiger partial charge in [-0.2, -0.15) is 0 Å². The molecule has 6 nitrogen and oxygen atoms in total. The van der Waals surface area contributed by atoms with Gasteiger partial charge < -0.3 is 14.8 Å². The topological polar surface area (TPSA) is 77.9 Å². The number of benzene rings is 2. The predicted molar refractivity (Wildman–Crippen MR) is 102 cm³/mol. The lowest BCUT2D eigenvalue weighted by molar-refractivity contribution is 0.269. The van der Waals surface area contributed by atoms with Crippen LogP contribution in [0.3, 0.4) is 0 Å². The molecular formula is C20H21N3O3. The van der Waals surface area contributed by atoms with Crippen LogP contribution in [0.4, 0.5) is 5.69 Å². The second-order valence-electron chi connectivity index (χ2n) is 6.54. The van der Waals surface area contributed by atoms with E-state index in [1.807, 2.05) is 30.3 Å². The van der Waals surface area contributed by atoms with Crippen molar-refractivity contribution in [2.45, 2.75) is 19.9 Å². The van der Waals surface area contributed by atoms with E-state index >= 15 is 0 Å². The third-order valence-corrected chi connectivity index (χ3v) is 5.27. The normalized spacial score (nSPS) is 14.4. The number of fused-ring (bicyclic) bond motifs is 3. The maximum absolute atomic E-state index is 11.3. The molecule has 3 aromatic rings. The van der Waals surface area contributed by atoms with Crippen LogP contribution >= 0.6 is 0 Å². The molecule has 2 heterocycles. The maximum atomic E-state index is 11.3. The highest BCUT2D eigenvalue weighted by molar-refractivity contribution is 6.00. The molecule has 0 aliphatic carbocycles. The lowest BCUT2D eigenvalue weighted by Gasteiger charge is -2.30. The fraction of sp³-hybridized carbons (Fsp3) is 0.300. The summed E-state index contributed by atoms with van der Waals surface area (Å²) in [6.45, 7) is 4.83. The summed E-state index contributed by atoms with van der Waals surface area (Å²) in [6, 6.07) is 9.81. The van der Waals surface area contributed by atoms with E-state index in [2.05, 4.69) is 22.0 Å². The first-order chi connectivity index (χ1) is 12.7. The zero-order valence-corrected chi connectivity index (χ0v) is 14.9. The van der Waals surface area contributed by atoms with E-state index in [9.17, 15) is 10.0 Å². The highest BCUT2D eigenvalue weighted by Gasteiger charge is 2.26. The molecule has 0 fully saturated rings. The summed E-state index contributed by atoms with van der Waals surface area (Å²) < 4.78 is 5.55. The average molecular weight is 351 g/mol. The standard InChI is InChI=1S/C20H21N3O3/c1-3-23-9-8-12-14(13-6-4-5-7-17(13)26-2)10-15-18(16(12)11-23)21-20(24)19(15)22-25/h4-7,10,21,24H,3,8-9,11H2,1-2H3. The Morgan fingerprint density at radius 2 is 2.08 bits per heavy atom. The Balaban J connectivity index is 2.06. The Morgan fingerprint density at radius 1 is 1.27 bits per heavy atom. The van der Waals surface area contributed by atoms with E-state index in [4.69, 9.17) is 4.74 Å². The monoisotopic (exact) mass is 351 g/mol. The number of hydrogen-bond acceptors (Lipinski definition) is 5. The molecule has 0 saturated heterocycles. The molecule has 134 valence electrons. The van der Waals surface area contributed by atoms with Crippen LogP contribution in [0.5, 0.6) is 11.6 Å². The fourth-order valence-electron chi connectivity index (χ4n) is 3.92. The van der Waals surface area contributed by atoms with Crippen LogP contribution in [0.1, 0.15) is 18.1 Å². The number of aromatic hydroxyl groups is 1. The van der Waals surface area contributed by atoms with Gasteiger partial charge in [0, 0.05) is 24.0 Å². The summed E-state index contributed by atoms with van der Waals surface area (Å²) in [5.41, 5.74) is 5.21. The number of para-hydroxylation sites is 1. The number of H-pyrrole nitrogens is 1. The van der Waals surface area contributed by atoms with Crippen LogP contribution in [-0.4, -0.2) is 35.2 Å². The highest BCUT2D eigenvalue weighted by Crippen LogP contribution is 2.44. The minimum atomic E-state index is -0.178. The number of ether oxygens (including phenoxy) is 1. The Kier molecular flexibility index (Phi) is 4.12.